The molecular formula is C6H8NO. The van der Waals surface area contributed by atoms with Gasteiger partial charge in [-0.3, -0.25) is 5.73 Å². The summed E-state index contributed by atoms with van der Waals surface area (Å²) in [7, 11) is 0. The Hall–Kier alpha value is -0.760. The van der Waals surface area contributed by atoms with Crippen molar-refractivity contribution in [3.8, 4) is 0 Å². The topological polar surface area (TPSA) is 33.0 Å². The minimum atomic E-state index is -0.0139. The van der Waals surface area contributed by atoms with Crippen molar-refractivity contribution < 1.29 is 4.74 Å². The molecular weight excluding hydrogens is 102 g/mol. The third-order valence-corrected chi connectivity index (χ3v) is 0.970. The Bertz CT molecular complexity index is 118. The second-order valence-corrected chi connectivity index (χ2v) is 1.59. The summed E-state index contributed by atoms with van der Waals surface area (Å²) in [6.45, 7) is 0.306. The molecule has 0 amide bonds. The highest BCUT2D eigenvalue weighted by molar-refractivity contribution is 5.07. The summed E-state index contributed by atoms with van der Waals surface area (Å²) in [5, 5.41) is 0. The molecule has 1 aliphatic heterocycles. The highest BCUT2D eigenvalue weighted by atomic mass is 16.5. The summed E-state index contributed by atoms with van der Waals surface area (Å²) in [6.07, 6.45) is 7.17. The van der Waals surface area contributed by atoms with E-state index in [0.717, 1.165) is 0 Å². The number of ether oxygens (including phenoxy) is 1. The average Bonchev–Trinajstić information content (AvgIpc) is 1.90. The molecule has 0 fully saturated rings. The third-order valence-electron chi connectivity index (χ3n) is 0.970. The summed E-state index contributed by atoms with van der Waals surface area (Å²) in [4.78, 5) is 0. The second-order valence-electron chi connectivity index (χ2n) is 1.59. The van der Waals surface area contributed by atoms with Gasteiger partial charge in [0.05, 0.1) is 12.8 Å². The zero-order valence-corrected chi connectivity index (χ0v) is 4.50. The van der Waals surface area contributed by atoms with E-state index in [1.165, 1.54) is 0 Å². The van der Waals surface area contributed by atoms with Crippen LogP contribution in [-0.4, -0.2) is 12.6 Å². The smallest absolute Gasteiger partial charge is 0.130 e. The van der Waals surface area contributed by atoms with Crippen LogP contribution in [0.4, 0.5) is 0 Å². The van der Waals surface area contributed by atoms with Gasteiger partial charge in [-0.05, 0) is 12.2 Å². The molecule has 0 spiro atoms. The third kappa shape index (κ3) is 1.10. The lowest BCUT2D eigenvalue weighted by atomic mass is 10.3. The molecule has 2 heteroatoms. The van der Waals surface area contributed by atoms with Crippen molar-refractivity contribution >= 4 is 0 Å². The van der Waals surface area contributed by atoms with Crippen molar-refractivity contribution in [2.24, 2.45) is 0 Å². The normalized spacial score (nSPS) is 25.4. The van der Waals surface area contributed by atoms with Crippen LogP contribution in [0.1, 0.15) is 0 Å². The molecule has 1 radical (unpaired) electrons. The van der Waals surface area contributed by atoms with E-state index in [1.54, 1.807) is 6.26 Å². The molecule has 1 aliphatic rings. The standard InChI is InChI=1S/C6H8NO/c7-5-6-3-1-2-4-8-6/h1-4,6-7H,5H2. The molecule has 0 aromatic heterocycles. The van der Waals surface area contributed by atoms with Gasteiger partial charge in [-0.1, -0.05) is 6.08 Å². The first kappa shape index (κ1) is 5.38. The predicted octanol–water partition coefficient (Wildman–Crippen LogP) is 0.738. The summed E-state index contributed by atoms with van der Waals surface area (Å²) < 4.78 is 4.97. The molecule has 43 valence electrons. The fraction of sp³-hybridized carbons (Fsp3) is 0.333. The van der Waals surface area contributed by atoms with Crippen LogP contribution in [0.25, 0.3) is 0 Å². The molecule has 0 aliphatic carbocycles. The summed E-state index contributed by atoms with van der Waals surface area (Å²) in [5.41, 5.74) is 6.89. The molecule has 2 nitrogen and oxygen atoms in total. The van der Waals surface area contributed by atoms with Gasteiger partial charge in [0.1, 0.15) is 6.10 Å². The fourth-order valence-corrected chi connectivity index (χ4v) is 0.541. The van der Waals surface area contributed by atoms with E-state index >= 15 is 0 Å². The molecule has 0 saturated heterocycles. The number of hydrogen-bond donors (Lipinski definition) is 0. The van der Waals surface area contributed by atoms with Crippen LogP contribution in [-0.2, 0) is 4.74 Å². The zero-order chi connectivity index (χ0) is 5.82. The minimum absolute atomic E-state index is 0.0139. The predicted molar refractivity (Wildman–Crippen MR) is 31.1 cm³/mol. The van der Waals surface area contributed by atoms with Crippen molar-refractivity contribution in [2.75, 3.05) is 6.54 Å². The van der Waals surface area contributed by atoms with Crippen LogP contribution >= 0.6 is 0 Å². The van der Waals surface area contributed by atoms with Crippen molar-refractivity contribution in [1.29, 1.82) is 0 Å². The molecule has 0 saturated carbocycles. The van der Waals surface area contributed by atoms with Gasteiger partial charge < -0.3 is 4.74 Å². The highest BCUT2D eigenvalue weighted by Gasteiger charge is 2.00. The lowest BCUT2D eigenvalue weighted by Crippen LogP contribution is -2.13. The van der Waals surface area contributed by atoms with Crippen LogP contribution < -0.4 is 5.73 Å². The SMILES string of the molecule is [NH]CC1C=CC=CO1. The van der Waals surface area contributed by atoms with Gasteiger partial charge in [-0.2, -0.15) is 0 Å². The van der Waals surface area contributed by atoms with Crippen molar-refractivity contribution in [3.63, 3.8) is 0 Å². The monoisotopic (exact) mass is 110 g/mol. The molecule has 1 atom stereocenters. The van der Waals surface area contributed by atoms with E-state index < -0.39 is 0 Å². The van der Waals surface area contributed by atoms with E-state index in [9.17, 15) is 0 Å². The molecule has 8 heavy (non-hydrogen) atoms. The Morgan fingerprint density at radius 1 is 1.50 bits per heavy atom. The Morgan fingerprint density at radius 3 is 2.75 bits per heavy atom. The molecule has 1 N–H and O–H groups in total. The number of allylic oxidation sites excluding steroid dienone is 2. The Labute approximate surface area is 48.6 Å². The number of rotatable bonds is 1. The molecule has 1 heterocycles. The first-order valence-electron chi connectivity index (χ1n) is 2.57. The second kappa shape index (κ2) is 2.52. The van der Waals surface area contributed by atoms with E-state index in [1.807, 2.05) is 18.2 Å². The van der Waals surface area contributed by atoms with Gasteiger partial charge in [-0.25, -0.2) is 0 Å². The van der Waals surface area contributed by atoms with Crippen molar-refractivity contribution in [3.05, 3.63) is 24.5 Å². The van der Waals surface area contributed by atoms with Crippen LogP contribution in [0.5, 0.6) is 0 Å². The maximum Gasteiger partial charge on any atom is 0.130 e. The molecule has 0 aromatic carbocycles. The summed E-state index contributed by atoms with van der Waals surface area (Å²) in [5.74, 6) is 0. The van der Waals surface area contributed by atoms with Gasteiger partial charge in [0.15, 0.2) is 0 Å². The maximum absolute atomic E-state index is 6.89. The Balaban J connectivity index is 2.40. The molecule has 0 aromatic rings. The maximum atomic E-state index is 6.89. The lowest BCUT2D eigenvalue weighted by Gasteiger charge is -2.10. The zero-order valence-electron chi connectivity index (χ0n) is 4.50. The molecule has 1 unspecified atom stereocenters. The minimum Gasteiger partial charge on any atom is -0.493 e. The molecule has 1 rings (SSSR count). The van der Waals surface area contributed by atoms with E-state index in [4.69, 9.17) is 10.5 Å². The van der Waals surface area contributed by atoms with Gasteiger partial charge in [-0.15, -0.1) is 0 Å². The van der Waals surface area contributed by atoms with Crippen molar-refractivity contribution in [1.82, 2.24) is 5.73 Å². The van der Waals surface area contributed by atoms with E-state index in [0.29, 0.717) is 6.54 Å². The van der Waals surface area contributed by atoms with E-state index in [2.05, 4.69) is 0 Å². The van der Waals surface area contributed by atoms with Gasteiger partial charge >= 0.3 is 0 Å². The molecule has 0 bridgehead atoms. The average molecular weight is 110 g/mol. The van der Waals surface area contributed by atoms with Gasteiger partial charge in [0, 0.05) is 0 Å². The highest BCUT2D eigenvalue weighted by Crippen LogP contribution is 1.99. The van der Waals surface area contributed by atoms with Crippen LogP contribution in [0, 0.1) is 0 Å². The van der Waals surface area contributed by atoms with Gasteiger partial charge in [0.2, 0.25) is 0 Å². The number of hydrogen-bond acceptors (Lipinski definition) is 1. The Morgan fingerprint density at radius 2 is 2.38 bits per heavy atom. The van der Waals surface area contributed by atoms with Crippen LogP contribution in [0.15, 0.2) is 24.5 Å². The van der Waals surface area contributed by atoms with E-state index in [-0.39, 0.29) is 6.10 Å². The first-order valence-corrected chi connectivity index (χ1v) is 2.57. The summed E-state index contributed by atoms with van der Waals surface area (Å²) in [6, 6.07) is 0. The Kier molecular flexibility index (Phi) is 1.70. The lowest BCUT2D eigenvalue weighted by molar-refractivity contribution is 0.188. The van der Waals surface area contributed by atoms with Crippen LogP contribution in [0.3, 0.4) is 0 Å². The quantitative estimate of drug-likeness (QED) is 0.490. The van der Waals surface area contributed by atoms with Crippen LogP contribution in [0.2, 0.25) is 0 Å². The fourth-order valence-electron chi connectivity index (χ4n) is 0.541. The van der Waals surface area contributed by atoms with Crippen molar-refractivity contribution in [2.45, 2.75) is 6.10 Å². The first-order chi connectivity index (χ1) is 3.93. The number of nitrogens with one attached hydrogen (secondary N) is 1. The largest absolute Gasteiger partial charge is 0.493 e. The van der Waals surface area contributed by atoms with Gasteiger partial charge in [0.25, 0.3) is 0 Å². The summed E-state index contributed by atoms with van der Waals surface area (Å²) >= 11 is 0.